The van der Waals surface area contributed by atoms with E-state index >= 15 is 0 Å². The molecule has 0 unspecified atom stereocenters. The monoisotopic (exact) mass is 292 g/mol. The minimum atomic E-state index is -0.806. The third-order valence-corrected chi connectivity index (χ3v) is 5.23. The Morgan fingerprint density at radius 1 is 1.43 bits per heavy atom. The fraction of sp³-hybridized carbons (Fsp3) is 0.750. The zero-order chi connectivity index (χ0) is 15.2. The van der Waals surface area contributed by atoms with Crippen molar-refractivity contribution in [2.75, 3.05) is 13.1 Å². The average Bonchev–Trinajstić information content (AvgIpc) is 3.01. The first-order valence-electron chi connectivity index (χ1n) is 7.92. The van der Waals surface area contributed by atoms with Crippen LogP contribution >= 0.6 is 0 Å². The molecule has 0 bridgehead atoms. The summed E-state index contributed by atoms with van der Waals surface area (Å²) in [5.41, 5.74) is 0.642. The van der Waals surface area contributed by atoms with Crippen molar-refractivity contribution in [1.82, 2.24) is 10.1 Å². The maximum atomic E-state index is 12.7. The van der Waals surface area contributed by atoms with Gasteiger partial charge in [0.15, 0.2) is 5.69 Å². The first kappa shape index (κ1) is 14.6. The molecule has 2 heterocycles. The van der Waals surface area contributed by atoms with Crippen molar-refractivity contribution in [2.24, 2.45) is 11.8 Å². The molecule has 0 aromatic carbocycles. The van der Waals surface area contributed by atoms with Crippen LogP contribution in [0.15, 0.2) is 4.52 Å². The summed E-state index contributed by atoms with van der Waals surface area (Å²) in [6.07, 6.45) is 3.93. The second-order valence-corrected chi connectivity index (χ2v) is 6.87. The first-order chi connectivity index (χ1) is 9.93. The van der Waals surface area contributed by atoms with Gasteiger partial charge in [-0.15, -0.1) is 0 Å². The highest BCUT2D eigenvalue weighted by atomic mass is 16.5. The lowest BCUT2D eigenvalue weighted by molar-refractivity contribution is -0.0244. The maximum absolute atomic E-state index is 12.7. The molecule has 5 heteroatoms. The lowest BCUT2D eigenvalue weighted by Gasteiger charge is -2.30. The van der Waals surface area contributed by atoms with Crippen LogP contribution < -0.4 is 0 Å². The predicted octanol–water partition coefficient (Wildman–Crippen LogP) is 2.03. The molecule has 1 aromatic heterocycles. The maximum Gasteiger partial charge on any atom is 0.276 e. The number of aliphatic hydroxyl groups is 1. The molecule has 2 atom stereocenters. The van der Waals surface area contributed by atoms with Gasteiger partial charge in [-0.1, -0.05) is 25.9 Å². The highest BCUT2D eigenvalue weighted by molar-refractivity contribution is 5.94. The Balaban J connectivity index is 1.82. The van der Waals surface area contributed by atoms with Gasteiger partial charge in [-0.2, -0.15) is 0 Å². The van der Waals surface area contributed by atoms with Gasteiger partial charge in [0.2, 0.25) is 0 Å². The number of β-amino-alcohol motifs (C(OH)–C–C–N with tert-alkyl or cyclic N) is 1. The molecule has 1 aliphatic carbocycles. The van der Waals surface area contributed by atoms with Gasteiger partial charge < -0.3 is 14.5 Å². The Kier molecular flexibility index (Phi) is 3.56. The molecular formula is C16H24N2O3. The van der Waals surface area contributed by atoms with Gasteiger partial charge in [0.05, 0.1) is 12.1 Å². The van der Waals surface area contributed by atoms with Crippen LogP contribution in [-0.4, -0.2) is 39.8 Å². The highest BCUT2D eigenvalue weighted by Crippen LogP contribution is 2.35. The quantitative estimate of drug-likeness (QED) is 0.905. The number of likely N-dealkylation sites (tertiary alicyclic amines) is 1. The number of fused-ring (bicyclic) bond motifs is 1. The van der Waals surface area contributed by atoms with Gasteiger partial charge in [-0.05, 0) is 25.2 Å². The summed E-state index contributed by atoms with van der Waals surface area (Å²) < 4.78 is 5.33. The number of rotatable bonds is 2. The van der Waals surface area contributed by atoms with Crippen molar-refractivity contribution < 1.29 is 14.4 Å². The number of hydrogen-bond donors (Lipinski definition) is 1. The molecule has 3 rings (SSSR count). The van der Waals surface area contributed by atoms with E-state index in [1.165, 1.54) is 0 Å². The van der Waals surface area contributed by atoms with Crippen molar-refractivity contribution in [2.45, 2.75) is 52.1 Å². The summed E-state index contributed by atoms with van der Waals surface area (Å²) in [7, 11) is 0. The highest BCUT2D eigenvalue weighted by Gasteiger charge is 2.47. The Morgan fingerprint density at radius 2 is 2.14 bits per heavy atom. The van der Waals surface area contributed by atoms with Gasteiger partial charge in [0.25, 0.3) is 5.91 Å². The Hall–Kier alpha value is -1.36. The van der Waals surface area contributed by atoms with Gasteiger partial charge in [0.1, 0.15) is 5.76 Å². The predicted molar refractivity (Wildman–Crippen MR) is 78.0 cm³/mol. The molecule has 0 saturated carbocycles. The van der Waals surface area contributed by atoms with Crippen LogP contribution in [0.3, 0.4) is 0 Å². The summed E-state index contributed by atoms with van der Waals surface area (Å²) in [6, 6.07) is 0. The van der Waals surface area contributed by atoms with Crippen LogP contribution in [0, 0.1) is 11.8 Å². The van der Waals surface area contributed by atoms with Gasteiger partial charge >= 0.3 is 0 Å². The lowest BCUT2D eigenvalue weighted by Crippen LogP contribution is -2.43. The second-order valence-electron chi connectivity index (χ2n) is 6.87. The Bertz CT molecular complexity index is 552. The number of aromatic nitrogens is 1. The van der Waals surface area contributed by atoms with Crippen molar-refractivity contribution in [3.63, 3.8) is 0 Å². The van der Waals surface area contributed by atoms with E-state index in [-0.39, 0.29) is 17.7 Å². The standard InChI is InChI=1S/C16H24N2O3/c1-10(2)16(20)9-18(8-11(16)3)15(19)14-12-6-4-5-7-13(12)21-17-14/h10-11,20H,4-9H2,1-3H3/t11-,16-/m1/s1. The first-order valence-corrected chi connectivity index (χ1v) is 7.92. The largest absolute Gasteiger partial charge is 0.387 e. The molecule has 1 saturated heterocycles. The van der Waals surface area contributed by atoms with Gasteiger partial charge in [-0.3, -0.25) is 4.79 Å². The topological polar surface area (TPSA) is 66.6 Å². The summed E-state index contributed by atoms with van der Waals surface area (Å²) in [4.78, 5) is 14.5. The van der Waals surface area contributed by atoms with E-state index in [2.05, 4.69) is 5.16 Å². The van der Waals surface area contributed by atoms with Crippen molar-refractivity contribution >= 4 is 5.91 Å². The third-order valence-electron chi connectivity index (χ3n) is 5.23. The number of carbonyl (C=O) groups is 1. The molecular weight excluding hydrogens is 268 g/mol. The molecule has 116 valence electrons. The lowest BCUT2D eigenvalue weighted by atomic mass is 9.82. The average molecular weight is 292 g/mol. The van der Waals surface area contributed by atoms with Crippen LogP contribution in [0.4, 0.5) is 0 Å². The SMILES string of the molecule is CC(C)[C@]1(O)CN(C(=O)c2noc3c2CCCC3)C[C@H]1C. The summed E-state index contributed by atoms with van der Waals surface area (Å²) in [6.45, 7) is 6.97. The minimum Gasteiger partial charge on any atom is -0.387 e. The van der Waals surface area contributed by atoms with E-state index < -0.39 is 5.60 Å². The van der Waals surface area contributed by atoms with E-state index in [1.807, 2.05) is 20.8 Å². The minimum absolute atomic E-state index is 0.0733. The van der Waals surface area contributed by atoms with Crippen LogP contribution in [0.2, 0.25) is 0 Å². The fourth-order valence-corrected chi connectivity index (χ4v) is 3.62. The van der Waals surface area contributed by atoms with Crippen molar-refractivity contribution in [3.8, 4) is 0 Å². The number of nitrogens with zero attached hydrogens (tertiary/aromatic N) is 2. The number of carbonyl (C=O) groups excluding carboxylic acids is 1. The fourth-order valence-electron chi connectivity index (χ4n) is 3.62. The summed E-state index contributed by atoms with van der Waals surface area (Å²) in [5, 5.41) is 14.8. The molecule has 1 aromatic rings. The van der Waals surface area contributed by atoms with Crippen LogP contribution in [-0.2, 0) is 12.8 Å². The third kappa shape index (κ3) is 2.27. The molecule has 5 nitrogen and oxygen atoms in total. The molecule has 0 spiro atoms. The second kappa shape index (κ2) is 5.13. The molecule has 1 amide bonds. The van der Waals surface area contributed by atoms with Crippen molar-refractivity contribution in [1.29, 1.82) is 0 Å². The zero-order valence-corrected chi connectivity index (χ0v) is 13.1. The number of aryl methyl sites for hydroxylation is 1. The van der Waals surface area contributed by atoms with E-state index in [4.69, 9.17) is 4.52 Å². The Morgan fingerprint density at radius 3 is 2.81 bits per heavy atom. The van der Waals surface area contributed by atoms with Crippen LogP contribution in [0.1, 0.15) is 55.4 Å². The molecule has 21 heavy (non-hydrogen) atoms. The normalized spacial score (nSPS) is 29.0. The van der Waals surface area contributed by atoms with E-state index in [9.17, 15) is 9.90 Å². The van der Waals surface area contributed by atoms with Crippen LogP contribution in [0.25, 0.3) is 0 Å². The number of amides is 1. The molecule has 1 fully saturated rings. The molecule has 0 radical (unpaired) electrons. The van der Waals surface area contributed by atoms with Crippen molar-refractivity contribution in [3.05, 3.63) is 17.0 Å². The molecule has 1 aliphatic heterocycles. The van der Waals surface area contributed by atoms with Crippen LogP contribution in [0.5, 0.6) is 0 Å². The van der Waals surface area contributed by atoms with Gasteiger partial charge in [0, 0.05) is 24.4 Å². The summed E-state index contributed by atoms with van der Waals surface area (Å²) in [5.74, 6) is 0.974. The van der Waals surface area contributed by atoms with E-state index in [0.717, 1.165) is 37.0 Å². The van der Waals surface area contributed by atoms with E-state index in [0.29, 0.717) is 18.8 Å². The Labute approximate surface area is 125 Å². The smallest absolute Gasteiger partial charge is 0.276 e. The summed E-state index contributed by atoms with van der Waals surface area (Å²) >= 11 is 0. The molecule has 2 aliphatic rings. The zero-order valence-electron chi connectivity index (χ0n) is 13.1. The number of hydrogen-bond acceptors (Lipinski definition) is 4. The molecule has 1 N–H and O–H groups in total. The van der Waals surface area contributed by atoms with Gasteiger partial charge in [-0.25, -0.2) is 0 Å². The van der Waals surface area contributed by atoms with E-state index in [1.54, 1.807) is 4.90 Å².